The summed E-state index contributed by atoms with van der Waals surface area (Å²) in [6, 6.07) is 8.49. The molecule has 0 spiro atoms. The minimum absolute atomic E-state index is 0.172. The van der Waals surface area contributed by atoms with Crippen LogP contribution >= 0.6 is 11.8 Å². The molecule has 1 aromatic rings. The predicted molar refractivity (Wildman–Crippen MR) is 86.1 cm³/mol. The van der Waals surface area contributed by atoms with Gasteiger partial charge in [0.2, 0.25) is 0 Å². The van der Waals surface area contributed by atoms with Crippen LogP contribution in [0.4, 0.5) is 0 Å². The smallest absolute Gasteiger partial charge is 0.133 e. The number of para-hydroxylation sites is 1. The highest BCUT2D eigenvalue weighted by Crippen LogP contribution is 2.36. The van der Waals surface area contributed by atoms with E-state index in [9.17, 15) is 0 Å². The first-order valence-electron chi connectivity index (χ1n) is 7.69. The van der Waals surface area contributed by atoms with Gasteiger partial charge in [0.05, 0.1) is 6.04 Å². The zero-order valence-corrected chi connectivity index (χ0v) is 13.1. The lowest BCUT2D eigenvalue weighted by atomic mass is 10.0. The zero-order chi connectivity index (χ0) is 14.2. The number of hydrogen-bond donors (Lipinski definition) is 2. The van der Waals surface area contributed by atoms with E-state index in [0.29, 0.717) is 0 Å². The Morgan fingerprint density at radius 3 is 2.90 bits per heavy atom. The summed E-state index contributed by atoms with van der Waals surface area (Å²) in [4.78, 5) is 1.24. The highest BCUT2D eigenvalue weighted by molar-refractivity contribution is 7.99. The van der Waals surface area contributed by atoms with Gasteiger partial charge in [-0.3, -0.25) is 11.3 Å². The number of benzene rings is 1. The van der Waals surface area contributed by atoms with E-state index in [4.69, 9.17) is 10.6 Å². The highest BCUT2D eigenvalue weighted by atomic mass is 32.2. The van der Waals surface area contributed by atoms with Gasteiger partial charge in [-0.1, -0.05) is 51.2 Å². The van der Waals surface area contributed by atoms with Crippen molar-refractivity contribution in [1.82, 2.24) is 5.43 Å². The van der Waals surface area contributed by atoms with Gasteiger partial charge in [-0.2, -0.15) is 0 Å². The fourth-order valence-electron chi connectivity index (χ4n) is 2.58. The van der Waals surface area contributed by atoms with Gasteiger partial charge in [-0.05, 0) is 18.6 Å². The molecule has 0 amide bonds. The summed E-state index contributed by atoms with van der Waals surface area (Å²) in [5.41, 5.74) is 2.96. The first-order valence-corrected chi connectivity index (χ1v) is 8.68. The van der Waals surface area contributed by atoms with Crippen molar-refractivity contribution in [2.75, 3.05) is 5.75 Å². The van der Waals surface area contributed by atoms with E-state index in [1.807, 2.05) is 23.9 Å². The molecule has 0 aromatic heterocycles. The van der Waals surface area contributed by atoms with Gasteiger partial charge in [-0.15, -0.1) is 11.8 Å². The van der Waals surface area contributed by atoms with Crippen molar-refractivity contribution in [2.24, 2.45) is 5.84 Å². The number of rotatable bonds is 8. The van der Waals surface area contributed by atoms with Gasteiger partial charge in [0, 0.05) is 10.6 Å². The molecule has 3 N–H and O–H groups in total. The second-order valence-electron chi connectivity index (χ2n) is 5.39. The third kappa shape index (κ3) is 4.40. The number of nitrogens with two attached hydrogens (primary N) is 1. The van der Waals surface area contributed by atoms with Crippen molar-refractivity contribution in [1.29, 1.82) is 0 Å². The van der Waals surface area contributed by atoms with Gasteiger partial charge in [0.1, 0.15) is 11.9 Å². The van der Waals surface area contributed by atoms with Crippen LogP contribution in [0.2, 0.25) is 0 Å². The molecular weight excluding hydrogens is 268 g/mol. The maximum Gasteiger partial charge on any atom is 0.133 e. The van der Waals surface area contributed by atoms with E-state index in [2.05, 4.69) is 24.5 Å². The van der Waals surface area contributed by atoms with E-state index < -0.39 is 0 Å². The highest BCUT2D eigenvalue weighted by Gasteiger charge is 2.26. The van der Waals surface area contributed by atoms with Crippen LogP contribution in [0.3, 0.4) is 0 Å². The average Bonchev–Trinajstić information content (AvgIpc) is 2.50. The molecule has 0 saturated heterocycles. The Balaban J connectivity index is 1.80. The number of thioether (sulfide) groups is 1. The van der Waals surface area contributed by atoms with Crippen molar-refractivity contribution in [2.45, 2.75) is 62.5 Å². The SMILES string of the molecule is CCCCCCCC(NN)C1CSc2ccccc2O1. The van der Waals surface area contributed by atoms with Gasteiger partial charge in [-0.25, -0.2) is 0 Å². The molecule has 20 heavy (non-hydrogen) atoms. The third-order valence-corrected chi connectivity index (χ3v) is 4.96. The molecule has 0 radical (unpaired) electrons. The van der Waals surface area contributed by atoms with Crippen LogP contribution in [-0.2, 0) is 0 Å². The minimum Gasteiger partial charge on any atom is -0.487 e. The number of nitrogens with one attached hydrogen (secondary N) is 1. The Bertz CT molecular complexity index is 400. The molecule has 4 heteroatoms. The van der Waals surface area contributed by atoms with Gasteiger partial charge < -0.3 is 4.74 Å². The quantitative estimate of drug-likeness (QED) is 0.436. The molecule has 2 atom stereocenters. The lowest BCUT2D eigenvalue weighted by Crippen LogP contribution is -2.48. The Labute approximate surface area is 126 Å². The number of hydrazine groups is 1. The Morgan fingerprint density at radius 1 is 1.30 bits per heavy atom. The summed E-state index contributed by atoms with van der Waals surface area (Å²) in [5, 5.41) is 0. The monoisotopic (exact) mass is 294 g/mol. The van der Waals surface area contributed by atoms with E-state index in [1.54, 1.807) is 0 Å². The maximum atomic E-state index is 6.10. The summed E-state index contributed by atoms with van der Waals surface area (Å²) in [5.74, 6) is 7.70. The van der Waals surface area contributed by atoms with Gasteiger partial charge in [0.25, 0.3) is 0 Å². The zero-order valence-electron chi connectivity index (χ0n) is 12.3. The summed E-state index contributed by atoms with van der Waals surface area (Å²) < 4.78 is 6.10. The minimum atomic E-state index is 0.172. The Hall–Kier alpha value is -0.710. The molecule has 2 rings (SSSR count). The largest absolute Gasteiger partial charge is 0.487 e. The normalized spacial score (nSPS) is 19.2. The molecule has 0 aliphatic carbocycles. The number of fused-ring (bicyclic) bond motifs is 1. The number of hydrogen-bond acceptors (Lipinski definition) is 4. The molecule has 1 aliphatic heterocycles. The lowest BCUT2D eigenvalue weighted by Gasteiger charge is -2.31. The molecule has 112 valence electrons. The van der Waals surface area contributed by atoms with Crippen molar-refractivity contribution in [3.05, 3.63) is 24.3 Å². The fourth-order valence-corrected chi connectivity index (χ4v) is 3.66. The fraction of sp³-hybridized carbons (Fsp3) is 0.625. The number of unbranched alkanes of at least 4 members (excludes halogenated alkanes) is 4. The molecule has 1 heterocycles. The average molecular weight is 294 g/mol. The summed E-state index contributed by atoms with van der Waals surface area (Å²) in [7, 11) is 0. The Morgan fingerprint density at radius 2 is 2.10 bits per heavy atom. The number of ether oxygens (including phenoxy) is 1. The predicted octanol–water partition coefficient (Wildman–Crippen LogP) is 3.73. The van der Waals surface area contributed by atoms with E-state index in [1.165, 1.54) is 37.0 Å². The summed E-state index contributed by atoms with van der Waals surface area (Å²) >= 11 is 1.87. The van der Waals surface area contributed by atoms with E-state index in [0.717, 1.165) is 17.9 Å². The van der Waals surface area contributed by atoms with Crippen LogP contribution in [0.25, 0.3) is 0 Å². The van der Waals surface area contributed by atoms with Crippen LogP contribution in [0.15, 0.2) is 29.2 Å². The molecule has 3 nitrogen and oxygen atoms in total. The van der Waals surface area contributed by atoms with Crippen LogP contribution in [0.1, 0.15) is 45.4 Å². The molecule has 0 fully saturated rings. The Kier molecular flexibility index (Phi) is 6.70. The first kappa shape index (κ1) is 15.7. The van der Waals surface area contributed by atoms with Crippen LogP contribution in [0.5, 0.6) is 5.75 Å². The second kappa shape index (κ2) is 8.55. The molecule has 2 unspecified atom stereocenters. The second-order valence-corrected chi connectivity index (χ2v) is 6.45. The molecular formula is C16H26N2OS. The first-order chi connectivity index (χ1) is 9.85. The van der Waals surface area contributed by atoms with E-state index in [-0.39, 0.29) is 12.1 Å². The third-order valence-electron chi connectivity index (χ3n) is 3.81. The van der Waals surface area contributed by atoms with Crippen LogP contribution < -0.4 is 16.0 Å². The maximum absolute atomic E-state index is 6.10. The van der Waals surface area contributed by atoms with Crippen molar-refractivity contribution >= 4 is 11.8 Å². The van der Waals surface area contributed by atoms with E-state index >= 15 is 0 Å². The molecule has 0 bridgehead atoms. The van der Waals surface area contributed by atoms with Crippen LogP contribution in [-0.4, -0.2) is 17.9 Å². The van der Waals surface area contributed by atoms with Gasteiger partial charge in [0.15, 0.2) is 0 Å². The standard InChI is InChI=1S/C16H26N2OS/c1-2-3-4-5-6-9-13(18-17)15-12-20-16-11-8-7-10-14(16)19-15/h7-8,10-11,13,15,18H,2-6,9,12,17H2,1H3. The van der Waals surface area contributed by atoms with Crippen molar-refractivity contribution < 1.29 is 4.74 Å². The summed E-state index contributed by atoms with van der Waals surface area (Å²) in [6.07, 6.45) is 7.74. The van der Waals surface area contributed by atoms with Crippen LogP contribution in [0, 0.1) is 0 Å². The molecule has 1 aliphatic rings. The van der Waals surface area contributed by atoms with Gasteiger partial charge >= 0.3 is 0 Å². The lowest BCUT2D eigenvalue weighted by molar-refractivity contribution is 0.159. The molecule has 1 aromatic carbocycles. The van der Waals surface area contributed by atoms with Crippen molar-refractivity contribution in [3.63, 3.8) is 0 Å². The molecule has 0 saturated carbocycles. The van der Waals surface area contributed by atoms with Crippen molar-refractivity contribution in [3.8, 4) is 5.75 Å². The summed E-state index contributed by atoms with van der Waals surface area (Å²) in [6.45, 7) is 2.24. The topological polar surface area (TPSA) is 47.3 Å².